The van der Waals surface area contributed by atoms with Gasteiger partial charge in [-0.25, -0.2) is 0 Å². The predicted molar refractivity (Wildman–Crippen MR) is 170 cm³/mol. The fourth-order valence-electron chi connectivity index (χ4n) is 3.98. The second kappa shape index (κ2) is 17.4. The molecule has 0 amide bonds. The van der Waals surface area contributed by atoms with Crippen LogP contribution in [0.3, 0.4) is 0 Å². The number of aromatic nitrogens is 1. The van der Waals surface area contributed by atoms with Crippen molar-refractivity contribution in [3.05, 3.63) is 52.7 Å². The Bertz CT molecular complexity index is 1230. The molecule has 40 heavy (non-hydrogen) atoms. The number of carbonyl (C=O) groups is 2. The predicted octanol–water partition coefficient (Wildman–Crippen LogP) is 6.15. The van der Waals surface area contributed by atoms with Crippen molar-refractivity contribution in [1.82, 2.24) is 9.47 Å². The molecule has 0 fully saturated rings. The van der Waals surface area contributed by atoms with Crippen molar-refractivity contribution < 1.29 is 19.8 Å². The molecule has 2 N–H and O–H groups in total. The van der Waals surface area contributed by atoms with Crippen molar-refractivity contribution in [2.24, 2.45) is 0 Å². The van der Waals surface area contributed by atoms with Gasteiger partial charge in [0.1, 0.15) is 6.29 Å². The molecule has 4 rings (SSSR count). The quantitative estimate of drug-likeness (QED) is 0.282. The van der Waals surface area contributed by atoms with Crippen LogP contribution in [0.5, 0.6) is 0 Å². The SMILES string of the molecule is C#C.CC.CC(C)(C)O.CN(C)CC=O.Cc1cc2c(-c3ccc(Cl)cc3)c(CC(=O)O)cc3c2n1CCN3C. The Kier molecular flexibility index (Phi) is 16.0. The molecule has 0 unspecified atom stereocenters. The lowest BCUT2D eigenvalue weighted by Crippen LogP contribution is -2.28. The zero-order valence-corrected chi connectivity index (χ0v) is 26.2. The zero-order valence-electron chi connectivity index (χ0n) is 25.5. The van der Waals surface area contributed by atoms with Crippen molar-refractivity contribution in [1.29, 1.82) is 0 Å². The minimum atomic E-state index is -0.823. The van der Waals surface area contributed by atoms with Crippen molar-refractivity contribution in [2.75, 3.05) is 39.1 Å². The third-order valence-electron chi connectivity index (χ3n) is 5.43. The van der Waals surface area contributed by atoms with Crippen LogP contribution in [0.4, 0.5) is 5.69 Å². The van der Waals surface area contributed by atoms with E-state index in [0.717, 1.165) is 47.1 Å². The third-order valence-corrected chi connectivity index (χ3v) is 5.68. The topological polar surface area (TPSA) is 86.0 Å². The van der Waals surface area contributed by atoms with E-state index in [4.69, 9.17) is 16.7 Å². The Balaban J connectivity index is 0.000000850. The average Bonchev–Trinajstić information content (AvgIpc) is 3.20. The Hall–Kier alpha value is -3.31. The van der Waals surface area contributed by atoms with E-state index in [-0.39, 0.29) is 6.42 Å². The van der Waals surface area contributed by atoms with Crippen molar-refractivity contribution in [3.63, 3.8) is 0 Å². The van der Waals surface area contributed by atoms with Gasteiger partial charge >= 0.3 is 5.97 Å². The van der Waals surface area contributed by atoms with Gasteiger partial charge in [0.2, 0.25) is 0 Å². The number of aryl methyl sites for hydroxylation is 1. The highest BCUT2D eigenvalue weighted by molar-refractivity contribution is 6.30. The van der Waals surface area contributed by atoms with E-state index in [9.17, 15) is 14.7 Å². The number of halogens is 1. The van der Waals surface area contributed by atoms with E-state index in [1.54, 1.807) is 20.8 Å². The summed E-state index contributed by atoms with van der Waals surface area (Å²) in [5.41, 5.74) is 5.82. The van der Waals surface area contributed by atoms with E-state index >= 15 is 0 Å². The number of rotatable bonds is 5. The number of carbonyl (C=O) groups excluding carboxylic acids is 1. The lowest BCUT2D eigenvalue weighted by Gasteiger charge is -2.29. The van der Waals surface area contributed by atoms with Gasteiger partial charge in [-0.2, -0.15) is 0 Å². The summed E-state index contributed by atoms with van der Waals surface area (Å²) in [6.45, 7) is 13.7. The first-order chi connectivity index (χ1) is 18.7. The van der Waals surface area contributed by atoms with Crippen LogP contribution in [0.1, 0.15) is 45.9 Å². The van der Waals surface area contributed by atoms with Crippen LogP contribution in [0.25, 0.3) is 22.0 Å². The molecule has 1 aliphatic heterocycles. The van der Waals surface area contributed by atoms with Crippen LogP contribution in [0, 0.1) is 19.8 Å². The molecule has 220 valence electrons. The van der Waals surface area contributed by atoms with Gasteiger partial charge in [0.05, 0.1) is 29.8 Å². The number of aliphatic carboxylic acids is 1. The lowest BCUT2D eigenvalue weighted by molar-refractivity contribution is -0.136. The minimum absolute atomic E-state index is 0.00102. The van der Waals surface area contributed by atoms with Crippen LogP contribution in [0.15, 0.2) is 36.4 Å². The Morgan fingerprint density at radius 3 is 2.05 bits per heavy atom. The monoisotopic (exact) mass is 571 g/mol. The molecule has 0 radical (unpaired) electrons. The van der Waals surface area contributed by atoms with E-state index in [1.807, 2.05) is 63.2 Å². The molecule has 2 aromatic carbocycles. The summed E-state index contributed by atoms with van der Waals surface area (Å²) in [7, 11) is 5.77. The molecule has 1 aromatic heterocycles. The van der Waals surface area contributed by atoms with Gasteiger partial charge in [0, 0.05) is 36.2 Å². The van der Waals surface area contributed by atoms with Gasteiger partial charge in [0.25, 0.3) is 0 Å². The molecule has 1 aliphatic rings. The smallest absolute Gasteiger partial charge is 0.307 e. The van der Waals surface area contributed by atoms with Gasteiger partial charge < -0.3 is 29.4 Å². The zero-order chi connectivity index (χ0) is 31.2. The van der Waals surface area contributed by atoms with E-state index in [2.05, 4.69) is 42.4 Å². The summed E-state index contributed by atoms with van der Waals surface area (Å²) in [5.74, 6) is -0.823. The number of carboxylic acids is 1. The number of anilines is 1. The fraction of sp³-hybridized carbons (Fsp3) is 0.438. The van der Waals surface area contributed by atoms with Gasteiger partial charge in [-0.3, -0.25) is 4.79 Å². The average molecular weight is 572 g/mol. The molecule has 7 nitrogen and oxygen atoms in total. The van der Waals surface area contributed by atoms with Crippen LogP contribution >= 0.6 is 11.6 Å². The number of hydrogen-bond donors (Lipinski definition) is 2. The number of aliphatic hydroxyl groups is 1. The van der Waals surface area contributed by atoms with Crippen molar-refractivity contribution in [3.8, 4) is 24.0 Å². The summed E-state index contributed by atoms with van der Waals surface area (Å²) in [4.78, 5) is 25.1. The summed E-state index contributed by atoms with van der Waals surface area (Å²) in [6, 6.07) is 11.8. The molecule has 8 heteroatoms. The minimum Gasteiger partial charge on any atom is -0.481 e. The van der Waals surface area contributed by atoms with E-state index in [1.165, 1.54) is 11.2 Å². The summed E-state index contributed by atoms with van der Waals surface area (Å²) in [5, 5.41) is 19.7. The Morgan fingerprint density at radius 2 is 1.62 bits per heavy atom. The lowest BCUT2D eigenvalue weighted by atomic mass is 9.92. The molecular weight excluding hydrogens is 526 g/mol. The van der Waals surface area contributed by atoms with Gasteiger partial charge in [-0.1, -0.05) is 37.6 Å². The Morgan fingerprint density at radius 1 is 1.10 bits per heavy atom. The summed E-state index contributed by atoms with van der Waals surface area (Å²) < 4.78 is 2.33. The molecule has 0 atom stereocenters. The van der Waals surface area contributed by atoms with Crippen LogP contribution < -0.4 is 4.90 Å². The first kappa shape index (κ1) is 36.7. The first-order valence-electron chi connectivity index (χ1n) is 13.2. The first-order valence-corrected chi connectivity index (χ1v) is 13.6. The number of carboxylic acid groups (broad SMARTS) is 1. The number of aldehydes is 1. The highest BCUT2D eigenvalue weighted by atomic mass is 35.5. The standard InChI is InChI=1S/C20H19ClN2O2.C4H9NO.C4H10O.C2H6.C2H2/c1-12-9-16-19(13-3-5-15(21)6-4-13)14(11-18(24)25)10-17-20(16)23(12)8-7-22(17)2;1-5(2)3-4-6;1-4(2,3)5;2*1-2/h3-6,9-10H,7-8,11H2,1-2H3,(H,24,25);4H,3H2,1-2H3;5H,1-3H3;1-2H3;1-2H. The molecule has 3 aromatic rings. The summed E-state index contributed by atoms with van der Waals surface area (Å²) in [6.07, 6.45) is 8.87. The normalized spacial score (nSPS) is 11.5. The van der Waals surface area contributed by atoms with Crippen molar-refractivity contribution >= 4 is 40.4 Å². The number of benzene rings is 2. The molecule has 0 bridgehead atoms. The number of terminal acetylenes is 1. The maximum atomic E-state index is 11.5. The second-order valence-electron chi connectivity index (χ2n) is 10.2. The van der Waals surface area contributed by atoms with E-state index in [0.29, 0.717) is 11.6 Å². The molecule has 0 saturated carbocycles. The fourth-order valence-corrected chi connectivity index (χ4v) is 4.11. The molecular formula is C32H46ClN3O4. The molecule has 0 saturated heterocycles. The van der Waals surface area contributed by atoms with Crippen LogP contribution in [-0.4, -0.2) is 71.8 Å². The molecule has 0 spiro atoms. The molecule has 2 heterocycles. The van der Waals surface area contributed by atoms with Crippen LogP contribution in [-0.2, 0) is 22.6 Å². The van der Waals surface area contributed by atoms with Gasteiger partial charge in [0.15, 0.2) is 0 Å². The molecule has 0 aliphatic carbocycles. The number of nitrogens with zero attached hydrogens (tertiary/aromatic N) is 3. The highest BCUT2D eigenvalue weighted by Gasteiger charge is 2.24. The summed E-state index contributed by atoms with van der Waals surface area (Å²) >= 11 is 6.04. The number of likely N-dealkylation sites (N-methyl/N-ethyl adjacent to an activating group) is 2. The largest absolute Gasteiger partial charge is 0.481 e. The second-order valence-corrected chi connectivity index (χ2v) is 10.7. The van der Waals surface area contributed by atoms with Gasteiger partial charge in [-0.15, -0.1) is 12.8 Å². The Labute approximate surface area is 245 Å². The maximum absolute atomic E-state index is 11.5. The van der Waals surface area contributed by atoms with E-state index < -0.39 is 11.6 Å². The third kappa shape index (κ3) is 11.4. The highest BCUT2D eigenvalue weighted by Crippen LogP contribution is 2.41. The van der Waals surface area contributed by atoms with Crippen molar-refractivity contribution in [2.45, 2.75) is 60.1 Å². The van der Waals surface area contributed by atoms with Gasteiger partial charge in [-0.05, 0) is 82.7 Å². The maximum Gasteiger partial charge on any atom is 0.307 e. The van der Waals surface area contributed by atoms with Crippen LogP contribution in [0.2, 0.25) is 5.02 Å². The number of hydrogen-bond acceptors (Lipinski definition) is 5.